The lowest BCUT2D eigenvalue weighted by Gasteiger charge is -2.13. The summed E-state index contributed by atoms with van der Waals surface area (Å²) < 4.78 is 5.21. The van der Waals surface area contributed by atoms with Gasteiger partial charge >= 0.3 is 0 Å². The first-order valence-electron chi connectivity index (χ1n) is 7.38. The zero-order valence-electron chi connectivity index (χ0n) is 12.7. The number of carbonyl (C=O) groups is 1. The molecular formula is C16H26N2O2. The first kappa shape index (κ1) is 16.7. The SMILES string of the molecule is CCNC(C)c1ccc(NC(=O)CCCOCC)cc1. The van der Waals surface area contributed by atoms with Crippen molar-refractivity contribution >= 4 is 11.6 Å². The second-order valence-corrected chi connectivity index (χ2v) is 4.75. The van der Waals surface area contributed by atoms with E-state index in [1.54, 1.807) is 0 Å². The molecule has 0 aliphatic carbocycles. The fraction of sp³-hybridized carbons (Fsp3) is 0.562. The fourth-order valence-electron chi connectivity index (χ4n) is 1.98. The van der Waals surface area contributed by atoms with Crippen LogP contribution >= 0.6 is 0 Å². The lowest BCUT2D eigenvalue weighted by molar-refractivity contribution is -0.116. The molecule has 0 bridgehead atoms. The summed E-state index contributed by atoms with van der Waals surface area (Å²) in [6, 6.07) is 8.32. The van der Waals surface area contributed by atoms with E-state index in [4.69, 9.17) is 4.74 Å². The van der Waals surface area contributed by atoms with E-state index < -0.39 is 0 Å². The maximum atomic E-state index is 11.7. The highest BCUT2D eigenvalue weighted by Crippen LogP contribution is 2.16. The van der Waals surface area contributed by atoms with Crippen molar-refractivity contribution in [1.29, 1.82) is 0 Å². The molecule has 1 aromatic rings. The number of hydrogen-bond acceptors (Lipinski definition) is 3. The smallest absolute Gasteiger partial charge is 0.224 e. The van der Waals surface area contributed by atoms with E-state index in [2.05, 4.69) is 24.5 Å². The molecule has 0 spiro atoms. The maximum absolute atomic E-state index is 11.7. The highest BCUT2D eigenvalue weighted by atomic mass is 16.5. The van der Waals surface area contributed by atoms with Gasteiger partial charge in [0.05, 0.1) is 0 Å². The minimum absolute atomic E-state index is 0.0391. The van der Waals surface area contributed by atoms with Gasteiger partial charge in [-0.3, -0.25) is 4.79 Å². The lowest BCUT2D eigenvalue weighted by Crippen LogP contribution is -2.17. The molecule has 0 saturated carbocycles. The highest BCUT2D eigenvalue weighted by Gasteiger charge is 2.05. The van der Waals surface area contributed by atoms with Gasteiger partial charge in [-0.15, -0.1) is 0 Å². The molecule has 1 atom stereocenters. The molecule has 20 heavy (non-hydrogen) atoms. The molecule has 0 aromatic heterocycles. The minimum atomic E-state index is 0.0391. The first-order valence-corrected chi connectivity index (χ1v) is 7.38. The van der Waals surface area contributed by atoms with Crippen molar-refractivity contribution in [3.63, 3.8) is 0 Å². The van der Waals surface area contributed by atoms with Crippen LogP contribution in [0.5, 0.6) is 0 Å². The van der Waals surface area contributed by atoms with Gasteiger partial charge in [0.2, 0.25) is 5.91 Å². The summed E-state index contributed by atoms with van der Waals surface area (Å²) >= 11 is 0. The Balaban J connectivity index is 2.39. The van der Waals surface area contributed by atoms with Crippen LogP contribution in [-0.2, 0) is 9.53 Å². The van der Waals surface area contributed by atoms with Gasteiger partial charge in [0.1, 0.15) is 0 Å². The predicted octanol–water partition coefficient (Wildman–Crippen LogP) is 3.11. The molecule has 1 amide bonds. The van der Waals surface area contributed by atoms with Crippen molar-refractivity contribution in [1.82, 2.24) is 5.32 Å². The number of carbonyl (C=O) groups excluding carboxylic acids is 1. The monoisotopic (exact) mass is 278 g/mol. The molecule has 0 aliphatic heterocycles. The molecule has 0 saturated heterocycles. The standard InChI is InChI=1S/C16H26N2O2/c1-4-17-13(3)14-8-10-15(11-9-14)18-16(19)7-6-12-20-5-2/h8-11,13,17H,4-7,12H2,1-3H3,(H,18,19). The van der Waals surface area contributed by atoms with E-state index >= 15 is 0 Å². The van der Waals surface area contributed by atoms with Crippen LogP contribution in [0.15, 0.2) is 24.3 Å². The number of ether oxygens (including phenoxy) is 1. The molecule has 112 valence electrons. The van der Waals surface area contributed by atoms with Crippen molar-refractivity contribution in [2.24, 2.45) is 0 Å². The predicted molar refractivity (Wildman–Crippen MR) is 82.9 cm³/mol. The molecule has 4 nitrogen and oxygen atoms in total. The van der Waals surface area contributed by atoms with Crippen molar-refractivity contribution < 1.29 is 9.53 Å². The van der Waals surface area contributed by atoms with Gasteiger partial charge in [-0.1, -0.05) is 19.1 Å². The normalized spacial score (nSPS) is 12.2. The summed E-state index contributed by atoms with van der Waals surface area (Å²) in [5.41, 5.74) is 2.07. The largest absolute Gasteiger partial charge is 0.382 e. The van der Waals surface area contributed by atoms with E-state index in [1.165, 1.54) is 5.56 Å². The van der Waals surface area contributed by atoms with Crippen molar-refractivity contribution in [2.45, 2.75) is 39.7 Å². The lowest BCUT2D eigenvalue weighted by atomic mass is 10.1. The Morgan fingerprint density at radius 1 is 1.25 bits per heavy atom. The molecular weight excluding hydrogens is 252 g/mol. The van der Waals surface area contributed by atoms with Crippen LogP contribution in [0.25, 0.3) is 0 Å². The summed E-state index contributed by atoms with van der Waals surface area (Å²) in [4.78, 5) is 11.7. The zero-order chi connectivity index (χ0) is 14.8. The summed E-state index contributed by atoms with van der Waals surface area (Å²) in [5.74, 6) is 0.0391. The van der Waals surface area contributed by atoms with Gasteiger partial charge in [-0.2, -0.15) is 0 Å². The second-order valence-electron chi connectivity index (χ2n) is 4.75. The average molecular weight is 278 g/mol. The molecule has 0 aliphatic rings. The molecule has 0 radical (unpaired) electrons. The van der Waals surface area contributed by atoms with Gasteiger partial charge in [-0.25, -0.2) is 0 Å². The summed E-state index contributed by atoms with van der Waals surface area (Å²) in [7, 11) is 0. The zero-order valence-corrected chi connectivity index (χ0v) is 12.7. The summed E-state index contributed by atoms with van der Waals surface area (Å²) in [5, 5.41) is 6.26. The molecule has 1 unspecified atom stereocenters. The van der Waals surface area contributed by atoms with Gasteiger partial charge in [0.25, 0.3) is 0 Å². The molecule has 2 N–H and O–H groups in total. The second kappa shape index (κ2) is 9.50. The third kappa shape index (κ3) is 6.17. The van der Waals surface area contributed by atoms with E-state index in [-0.39, 0.29) is 5.91 Å². The highest BCUT2D eigenvalue weighted by molar-refractivity contribution is 5.90. The van der Waals surface area contributed by atoms with E-state index in [9.17, 15) is 4.79 Å². The topological polar surface area (TPSA) is 50.4 Å². The average Bonchev–Trinajstić information content (AvgIpc) is 2.45. The van der Waals surface area contributed by atoms with Gasteiger partial charge in [0, 0.05) is 31.4 Å². The van der Waals surface area contributed by atoms with Crippen molar-refractivity contribution in [3.8, 4) is 0 Å². The van der Waals surface area contributed by atoms with Gasteiger partial charge < -0.3 is 15.4 Å². The van der Waals surface area contributed by atoms with Crippen molar-refractivity contribution in [2.75, 3.05) is 25.1 Å². The Morgan fingerprint density at radius 3 is 2.55 bits per heavy atom. The number of hydrogen-bond donors (Lipinski definition) is 2. The molecule has 0 heterocycles. The number of anilines is 1. The molecule has 1 rings (SSSR count). The van der Waals surface area contributed by atoms with Crippen LogP contribution in [0.4, 0.5) is 5.69 Å². The van der Waals surface area contributed by atoms with Crippen LogP contribution in [0.1, 0.15) is 45.2 Å². The van der Waals surface area contributed by atoms with E-state index in [0.29, 0.717) is 25.7 Å². The third-order valence-electron chi connectivity index (χ3n) is 3.10. The molecule has 4 heteroatoms. The van der Waals surface area contributed by atoms with Crippen LogP contribution in [0.2, 0.25) is 0 Å². The Kier molecular flexibility index (Phi) is 7.92. The maximum Gasteiger partial charge on any atom is 0.224 e. The molecule has 0 fully saturated rings. The molecule has 1 aromatic carbocycles. The van der Waals surface area contributed by atoms with E-state index in [1.807, 2.05) is 31.2 Å². The Morgan fingerprint density at radius 2 is 1.95 bits per heavy atom. The Labute approximate surface area is 121 Å². The number of benzene rings is 1. The first-order chi connectivity index (χ1) is 9.67. The summed E-state index contributed by atoms with van der Waals surface area (Å²) in [6.07, 6.45) is 1.25. The van der Waals surface area contributed by atoms with Crippen LogP contribution in [-0.4, -0.2) is 25.7 Å². The van der Waals surface area contributed by atoms with E-state index in [0.717, 1.165) is 18.7 Å². The van der Waals surface area contributed by atoms with Crippen LogP contribution in [0.3, 0.4) is 0 Å². The Hall–Kier alpha value is -1.39. The number of amides is 1. The number of nitrogens with one attached hydrogen (secondary N) is 2. The van der Waals surface area contributed by atoms with Crippen LogP contribution in [0, 0.1) is 0 Å². The number of rotatable bonds is 9. The van der Waals surface area contributed by atoms with Gasteiger partial charge in [-0.05, 0) is 44.5 Å². The minimum Gasteiger partial charge on any atom is -0.382 e. The summed E-state index contributed by atoms with van der Waals surface area (Å²) in [6.45, 7) is 8.46. The van der Waals surface area contributed by atoms with Gasteiger partial charge in [0.15, 0.2) is 0 Å². The fourth-order valence-corrected chi connectivity index (χ4v) is 1.98. The van der Waals surface area contributed by atoms with Crippen molar-refractivity contribution in [3.05, 3.63) is 29.8 Å². The third-order valence-corrected chi connectivity index (χ3v) is 3.10. The van der Waals surface area contributed by atoms with Crippen LogP contribution < -0.4 is 10.6 Å². The Bertz CT molecular complexity index is 390. The quantitative estimate of drug-likeness (QED) is 0.682.